The maximum Gasteiger partial charge on any atom is 0.193 e. The fourth-order valence-corrected chi connectivity index (χ4v) is 3.62. The third kappa shape index (κ3) is 4.72. The molecule has 0 radical (unpaired) electrons. The van der Waals surface area contributed by atoms with Crippen molar-refractivity contribution in [2.24, 2.45) is 12.0 Å². The van der Waals surface area contributed by atoms with E-state index in [-0.39, 0.29) is 0 Å². The first-order valence-electron chi connectivity index (χ1n) is 9.12. The molecule has 0 bridgehead atoms. The van der Waals surface area contributed by atoms with Gasteiger partial charge < -0.3 is 10.2 Å². The number of likely N-dealkylation sites (tertiary alicyclic amines) is 1. The molecule has 1 aromatic heterocycles. The van der Waals surface area contributed by atoms with Gasteiger partial charge in [0.1, 0.15) is 0 Å². The zero-order valence-electron chi connectivity index (χ0n) is 16.2. The molecule has 6 heteroatoms. The average molecular weight is 335 g/mol. The van der Waals surface area contributed by atoms with Gasteiger partial charge in [-0.25, -0.2) is 0 Å². The van der Waals surface area contributed by atoms with Gasteiger partial charge in [0, 0.05) is 64.5 Å². The fraction of sp³-hybridized carbons (Fsp3) is 0.778. The Morgan fingerprint density at radius 1 is 1.38 bits per heavy atom. The number of aromatic nitrogens is 2. The molecule has 0 aliphatic carbocycles. The molecule has 2 rings (SSSR count). The van der Waals surface area contributed by atoms with Crippen LogP contribution in [0.2, 0.25) is 0 Å². The van der Waals surface area contributed by atoms with E-state index in [0.717, 1.165) is 38.6 Å². The topological polar surface area (TPSA) is 48.7 Å². The second-order valence-corrected chi connectivity index (χ2v) is 7.28. The van der Waals surface area contributed by atoms with Crippen molar-refractivity contribution in [1.29, 1.82) is 0 Å². The van der Waals surface area contributed by atoms with Crippen LogP contribution >= 0.6 is 0 Å². The maximum absolute atomic E-state index is 4.48. The van der Waals surface area contributed by atoms with E-state index in [9.17, 15) is 0 Å². The molecule has 2 heterocycles. The van der Waals surface area contributed by atoms with Gasteiger partial charge in [0.2, 0.25) is 0 Å². The number of nitrogens with zero attached hydrogens (tertiary/aromatic N) is 5. The van der Waals surface area contributed by atoms with E-state index in [1.807, 2.05) is 25.0 Å². The van der Waals surface area contributed by atoms with E-state index < -0.39 is 0 Å². The Labute approximate surface area is 146 Å². The first kappa shape index (κ1) is 18.8. The van der Waals surface area contributed by atoms with Crippen molar-refractivity contribution in [2.45, 2.75) is 52.1 Å². The Balaban J connectivity index is 1.84. The summed E-state index contributed by atoms with van der Waals surface area (Å²) < 4.78 is 1.89. The Hall–Kier alpha value is -1.56. The van der Waals surface area contributed by atoms with Crippen LogP contribution in [0.25, 0.3) is 0 Å². The summed E-state index contributed by atoms with van der Waals surface area (Å²) >= 11 is 0. The van der Waals surface area contributed by atoms with Gasteiger partial charge in [0.05, 0.1) is 6.20 Å². The molecular weight excluding hydrogens is 300 g/mol. The van der Waals surface area contributed by atoms with Crippen molar-refractivity contribution >= 4 is 5.96 Å². The quantitative estimate of drug-likeness (QED) is 0.638. The standard InChI is InChI=1S/C18H34N6/c1-14(2)24(15(3)4)10-8-20-18(19-5)23-9-7-16(13-23)17-11-21-22(6)12-17/h11-12,14-16H,7-10,13H2,1-6H3,(H,19,20). The highest BCUT2D eigenvalue weighted by molar-refractivity contribution is 5.80. The van der Waals surface area contributed by atoms with Crippen LogP contribution < -0.4 is 5.32 Å². The van der Waals surface area contributed by atoms with Gasteiger partial charge in [-0.3, -0.25) is 14.6 Å². The van der Waals surface area contributed by atoms with Gasteiger partial charge >= 0.3 is 0 Å². The lowest BCUT2D eigenvalue weighted by Crippen LogP contribution is -2.46. The number of nitrogens with one attached hydrogen (secondary N) is 1. The highest BCUT2D eigenvalue weighted by Crippen LogP contribution is 2.26. The van der Waals surface area contributed by atoms with Crippen LogP contribution in [0, 0.1) is 0 Å². The largest absolute Gasteiger partial charge is 0.355 e. The van der Waals surface area contributed by atoms with Gasteiger partial charge in [-0.2, -0.15) is 5.10 Å². The first-order chi connectivity index (χ1) is 11.4. The van der Waals surface area contributed by atoms with E-state index in [1.54, 1.807) is 0 Å². The van der Waals surface area contributed by atoms with Gasteiger partial charge in [-0.15, -0.1) is 0 Å². The minimum Gasteiger partial charge on any atom is -0.355 e. The Kier molecular flexibility index (Phi) is 6.66. The molecule has 1 fully saturated rings. The summed E-state index contributed by atoms with van der Waals surface area (Å²) in [4.78, 5) is 9.35. The minimum absolute atomic E-state index is 0.556. The van der Waals surface area contributed by atoms with E-state index in [0.29, 0.717) is 18.0 Å². The van der Waals surface area contributed by atoms with Crippen molar-refractivity contribution < 1.29 is 0 Å². The normalized spacial score (nSPS) is 19.1. The summed E-state index contributed by atoms with van der Waals surface area (Å²) in [6, 6.07) is 1.13. The van der Waals surface area contributed by atoms with Crippen LogP contribution in [0.1, 0.15) is 45.6 Å². The third-order valence-electron chi connectivity index (χ3n) is 4.88. The molecule has 1 aromatic rings. The Morgan fingerprint density at radius 2 is 2.08 bits per heavy atom. The van der Waals surface area contributed by atoms with Crippen LogP contribution in [-0.4, -0.2) is 70.9 Å². The summed E-state index contributed by atoms with van der Waals surface area (Å²) in [6.45, 7) is 13.1. The SMILES string of the molecule is CN=C(NCCN(C(C)C)C(C)C)N1CCC(c2cnn(C)c2)C1. The molecular formula is C18H34N6. The smallest absolute Gasteiger partial charge is 0.193 e. The molecule has 6 nitrogen and oxygen atoms in total. The molecule has 1 aliphatic heterocycles. The predicted molar refractivity (Wildman–Crippen MR) is 100 cm³/mol. The highest BCUT2D eigenvalue weighted by Gasteiger charge is 2.26. The lowest BCUT2D eigenvalue weighted by Gasteiger charge is -2.31. The van der Waals surface area contributed by atoms with E-state index in [4.69, 9.17) is 0 Å². The van der Waals surface area contributed by atoms with E-state index in [1.165, 1.54) is 5.56 Å². The molecule has 0 saturated carbocycles. The molecule has 1 atom stereocenters. The van der Waals surface area contributed by atoms with E-state index >= 15 is 0 Å². The molecule has 1 saturated heterocycles. The summed E-state index contributed by atoms with van der Waals surface area (Å²) in [7, 11) is 3.86. The third-order valence-corrected chi connectivity index (χ3v) is 4.88. The van der Waals surface area contributed by atoms with Crippen molar-refractivity contribution in [3.8, 4) is 0 Å². The number of hydrogen-bond donors (Lipinski definition) is 1. The average Bonchev–Trinajstić information content (AvgIpc) is 3.15. The van der Waals surface area contributed by atoms with Crippen molar-refractivity contribution in [2.75, 3.05) is 33.2 Å². The van der Waals surface area contributed by atoms with Crippen LogP contribution in [0.5, 0.6) is 0 Å². The van der Waals surface area contributed by atoms with E-state index in [2.05, 4.69) is 59.1 Å². The molecule has 1 aliphatic rings. The number of aliphatic imine (C=N–C) groups is 1. The van der Waals surface area contributed by atoms with Crippen LogP contribution in [0.4, 0.5) is 0 Å². The monoisotopic (exact) mass is 334 g/mol. The molecule has 0 aromatic carbocycles. The van der Waals surface area contributed by atoms with Gasteiger partial charge in [0.25, 0.3) is 0 Å². The summed E-state index contributed by atoms with van der Waals surface area (Å²) in [5, 5.41) is 7.84. The molecule has 0 amide bonds. The summed E-state index contributed by atoms with van der Waals surface area (Å²) in [6.07, 6.45) is 5.29. The highest BCUT2D eigenvalue weighted by atomic mass is 15.3. The Morgan fingerprint density at radius 3 is 2.62 bits per heavy atom. The zero-order valence-corrected chi connectivity index (χ0v) is 16.2. The van der Waals surface area contributed by atoms with Crippen molar-refractivity contribution in [3.63, 3.8) is 0 Å². The number of guanidine groups is 1. The number of hydrogen-bond acceptors (Lipinski definition) is 3. The summed E-state index contributed by atoms with van der Waals surface area (Å²) in [5.41, 5.74) is 1.33. The molecule has 1 unspecified atom stereocenters. The molecule has 0 spiro atoms. The van der Waals surface area contributed by atoms with Gasteiger partial charge in [0.15, 0.2) is 5.96 Å². The second-order valence-electron chi connectivity index (χ2n) is 7.28. The predicted octanol–water partition coefficient (Wildman–Crippen LogP) is 1.90. The van der Waals surface area contributed by atoms with Crippen LogP contribution in [0.15, 0.2) is 17.4 Å². The minimum atomic E-state index is 0.556. The first-order valence-corrected chi connectivity index (χ1v) is 9.12. The van der Waals surface area contributed by atoms with Gasteiger partial charge in [-0.05, 0) is 39.7 Å². The lowest BCUT2D eigenvalue weighted by atomic mass is 10.0. The number of aryl methyl sites for hydroxylation is 1. The maximum atomic E-state index is 4.48. The molecule has 24 heavy (non-hydrogen) atoms. The van der Waals surface area contributed by atoms with Crippen molar-refractivity contribution in [1.82, 2.24) is 24.9 Å². The second kappa shape index (κ2) is 8.51. The van der Waals surface area contributed by atoms with Gasteiger partial charge in [-0.1, -0.05) is 0 Å². The lowest BCUT2D eigenvalue weighted by molar-refractivity contribution is 0.178. The van der Waals surface area contributed by atoms with Crippen LogP contribution in [0.3, 0.4) is 0 Å². The molecule has 136 valence electrons. The summed E-state index contributed by atoms with van der Waals surface area (Å²) in [5.74, 6) is 1.58. The fourth-order valence-electron chi connectivity index (χ4n) is 3.62. The van der Waals surface area contributed by atoms with Crippen LogP contribution in [-0.2, 0) is 7.05 Å². The van der Waals surface area contributed by atoms with Crippen molar-refractivity contribution in [3.05, 3.63) is 18.0 Å². The Bertz CT molecular complexity index is 525. The number of rotatable bonds is 6. The molecule has 1 N–H and O–H groups in total. The zero-order chi connectivity index (χ0) is 17.7.